The number of rotatable bonds is 4. The summed E-state index contributed by atoms with van der Waals surface area (Å²) < 4.78 is 0. The Bertz CT molecular complexity index is 788. The lowest BCUT2D eigenvalue weighted by atomic mass is 9.76. The molecule has 3 saturated heterocycles. The first-order chi connectivity index (χ1) is 14.4. The molecule has 1 atom stereocenters. The highest BCUT2D eigenvalue weighted by Gasteiger charge is 2.51. The van der Waals surface area contributed by atoms with E-state index in [4.69, 9.17) is 11.6 Å². The van der Waals surface area contributed by atoms with Gasteiger partial charge in [0, 0.05) is 69.6 Å². The van der Waals surface area contributed by atoms with Crippen LogP contribution in [-0.2, 0) is 4.79 Å². The normalized spacial score (nSPS) is 24.7. The van der Waals surface area contributed by atoms with Crippen molar-refractivity contribution in [1.82, 2.24) is 14.7 Å². The summed E-state index contributed by atoms with van der Waals surface area (Å²) in [6.07, 6.45) is 2.26. The SMILES string of the molecule is CN1C(=O)C2(CCN(C(=O)O)CC2)CC1CCN1CCN(c2cccc(Cl)c2)CC1. The number of hydrogen-bond donors (Lipinski definition) is 1. The highest BCUT2D eigenvalue weighted by molar-refractivity contribution is 6.30. The maximum Gasteiger partial charge on any atom is 0.407 e. The summed E-state index contributed by atoms with van der Waals surface area (Å²) in [5.41, 5.74) is 0.828. The molecule has 1 aromatic rings. The van der Waals surface area contributed by atoms with Gasteiger partial charge in [-0.3, -0.25) is 9.69 Å². The molecule has 3 aliphatic rings. The number of carboxylic acid groups (broad SMARTS) is 1. The average molecular weight is 435 g/mol. The van der Waals surface area contributed by atoms with Gasteiger partial charge in [-0.25, -0.2) is 4.79 Å². The van der Waals surface area contributed by atoms with Crippen molar-refractivity contribution in [2.45, 2.75) is 31.7 Å². The van der Waals surface area contributed by atoms with Crippen LogP contribution in [0.1, 0.15) is 25.7 Å². The van der Waals surface area contributed by atoms with E-state index >= 15 is 0 Å². The van der Waals surface area contributed by atoms with Crippen LogP contribution in [0.4, 0.5) is 10.5 Å². The number of halogens is 1. The predicted molar refractivity (Wildman–Crippen MR) is 117 cm³/mol. The lowest BCUT2D eigenvalue weighted by molar-refractivity contribution is -0.137. The highest BCUT2D eigenvalue weighted by Crippen LogP contribution is 2.44. The Balaban J connectivity index is 1.27. The van der Waals surface area contributed by atoms with E-state index in [0.29, 0.717) is 25.9 Å². The summed E-state index contributed by atoms with van der Waals surface area (Å²) >= 11 is 6.12. The molecule has 2 amide bonds. The highest BCUT2D eigenvalue weighted by atomic mass is 35.5. The Morgan fingerprint density at radius 3 is 2.50 bits per heavy atom. The van der Waals surface area contributed by atoms with Gasteiger partial charge in [-0.2, -0.15) is 0 Å². The Morgan fingerprint density at radius 1 is 1.17 bits per heavy atom. The third kappa shape index (κ3) is 4.23. The van der Waals surface area contributed by atoms with Gasteiger partial charge in [-0.15, -0.1) is 0 Å². The second kappa shape index (κ2) is 8.63. The second-order valence-electron chi connectivity index (χ2n) is 8.92. The first-order valence-corrected chi connectivity index (χ1v) is 11.2. The number of likely N-dealkylation sites (tertiary alicyclic amines) is 2. The summed E-state index contributed by atoms with van der Waals surface area (Å²) in [7, 11) is 1.92. The van der Waals surface area contributed by atoms with E-state index in [2.05, 4.69) is 15.9 Å². The molecule has 4 rings (SSSR count). The lowest BCUT2D eigenvalue weighted by Crippen LogP contribution is -2.47. The molecule has 0 aliphatic carbocycles. The van der Waals surface area contributed by atoms with Crippen LogP contribution in [0.5, 0.6) is 0 Å². The number of anilines is 1. The molecule has 0 aromatic heterocycles. The van der Waals surface area contributed by atoms with Crippen molar-refractivity contribution in [3.63, 3.8) is 0 Å². The zero-order valence-corrected chi connectivity index (χ0v) is 18.4. The summed E-state index contributed by atoms with van der Waals surface area (Å²) in [6, 6.07) is 8.27. The average Bonchev–Trinajstić information content (AvgIpc) is 2.97. The van der Waals surface area contributed by atoms with Gasteiger partial charge in [-0.1, -0.05) is 17.7 Å². The van der Waals surface area contributed by atoms with Gasteiger partial charge < -0.3 is 19.8 Å². The maximum absolute atomic E-state index is 13.0. The van der Waals surface area contributed by atoms with E-state index < -0.39 is 6.09 Å². The van der Waals surface area contributed by atoms with E-state index in [-0.39, 0.29) is 17.4 Å². The summed E-state index contributed by atoms with van der Waals surface area (Å²) in [5.74, 6) is 0.211. The topological polar surface area (TPSA) is 67.3 Å². The Labute approximate surface area is 183 Å². The molecule has 1 N–H and O–H groups in total. The smallest absolute Gasteiger partial charge is 0.407 e. The van der Waals surface area contributed by atoms with Crippen LogP contribution in [0.2, 0.25) is 5.02 Å². The van der Waals surface area contributed by atoms with Crippen LogP contribution < -0.4 is 4.90 Å². The van der Waals surface area contributed by atoms with Crippen LogP contribution in [0.3, 0.4) is 0 Å². The first kappa shape index (κ1) is 21.2. The second-order valence-corrected chi connectivity index (χ2v) is 9.36. The van der Waals surface area contributed by atoms with Crippen LogP contribution in [0.15, 0.2) is 24.3 Å². The number of carbonyl (C=O) groups is 2. The van der Waals surface area contributed by atoms with E-state index in [1.807, 2.05) is 30.1 Å². The molecule has 30 heavy (non-hydrogen) atoms. The molecule has 1 aromatic carbocycles. The van der Waals surface area contributed by atoms with Crippen LogP contribution in [-0.4, -0.2) is 90.7 Å². The van der Waals surface area contributed by atoms with E-state index in [1.165, 1.54) is 10.6 Å². The van der Waals surface area contributed by atoms with Gasteiger partial charge in [0.25, 0.3) is 0 Å². The summed E-state index contributed by atoms with van der Waals surface area (Å²) in [6.45, 7) is 5.90. The fourth-order valence-corrected chi connectivity index (χ4v) is 5.47. The van der Waals surface area contributed by atoms with Crippen molar-refractivity contribution in [1.29, 1.82) is 0 Å². The zero-order chi connectivity index (χ0) is 21.3. The molecule has 0 bridgehead atoms. The van der Waals surface area contributed by atoms with Crippen LogP contribution >= 0.6 is 11.6 Å². The predicted octanol–water partition coefficient (Wildman–Crippen LogP) is 2.84. The monoisotopic (exact) mass is 434 g/mol. The molecular weight excluding hydrogens is 404 g/mol. The van der Waals surface area contributed by atoms with E-state index in [1.54, 1.807) is 0 Å². The minimum absolute atomic E-state index is 0.211. The van der Waals surface area contributed by atoms with Crippen molar-refractivity contribution in [3.05, 3.63) is 29.3 Å². The largest absolute Gasteiger partial charge is 0.465 e. The molecule has 3 heterocycles. The Morgan fingerprint density at radius 2 is 1.87 bits per heavy atom. The van der Waals surface area contributed by atoms with Crippen molar-refractivity contribution < 1.29 is 14.7 Å². The maximum atomic E-state index is 13.0. The number of benzene rings is 1. The molecule has 3 fully saturated rings. The summed E-state index contributed by atoms with van der Waals surface area (Å²) in [5, 5.41) is 9.96. The molecule has 0 saturated carbocycles. The van der Waals surface area contributed by atoms with Gasteiger partial charge in [0.1, 0.15) is 0 Å². The number of nitrogens with zero attached hydrogens (tertiary/aromatic N) is 4. The number of carbonyl (C=O) groups excluding carboxylic acids is 1. The molecule has 8 heteroatoms. The molecule has 1 unspecified atom stereocenters. The van der Waals surface area contributed by atoms with Gasteiger partial charge in [-0.05, 0) is 43.9 Å². The fourth-order valence-electron chi connectivity index (χ4n) is 5.29. The first-order valence-electron chi connectivity index (χ1n) is 10.9. The molecular formula is C22H31ClN4O3. The van der Waals surface area contributed by atoms with Crippen molar-refractivity contribution in [2.24, 2.45) is 5.41 Å². The third-order valence-corrected chi connectivity index (χ3v) is 7.50. The van der Waals surface area contributed by atoms with Gasteiger partial charge >= 0.3 is 6.09 Å². The van der Waals surface area contributed by atoms with E-state index in [0.717, 1.165) is 50.6 Å². The van der Waals surface area contributed by atoms with Crippen molar-refractivity contribution >= 4 is 29.3 Å². The lowest BCUT2D eigenvalue weighted by Gasteiger charge is -2.37. The van der Waals surface area contributed by atoms with Gasteiger partial charge in [0.05, 0.1) is 5.41 Å². The molecule has 164 valence electrons. The quantitative estimate of drug-likeness (QED) is 0.789. The number of amides is 2. The number of hydrogen-bond acceptors (Lipinski definition) is 4. The summed E-state index contributed by atoms with van der Waals surface area (Å²) in [4.78, 5) is 32.4. The third-order valence-electron chi connectivity index (χ3n) is 7.26. The number of piperidine rings is 1. The van der Waals surface area contributed by atoms with Gasteiger partial charge in [0.2, 0.25) is 5.91 Å². The Hall–Kier alpha value is -1.99. The molecule has 3 aliphatic heterocycles. The molecule has 0 radical (unpaired) electrons. The van der Waals surface area contributed by atoms with Gasteiger partial charge in [0.15, 0.2) is 0 Å². The fraction of sp³-hybridized carbons (Fsp3) is 0.636. The minimum atomic E-state index is -0.878. The van der Waals surface area contributed by atoms with Crippen molar-refractivity contribution in [3.8, 4) is 0 Å². The van der Waals surface area contributed by atoms with E-state index in [9.17, 15) is 14.7 Å². The Kier molecular flexibility index (Phi) is 6.11. The molecule has 1 spiro atoms. The minimum Gasteiger partial charge on any atom is -0.465 e. The zero-order valence-electron chi connectivity index (χ0n) is 17.6. The standard InChI is InChI=1S/C22H31ClN4O3/c1-24-19(16-22(20(24)28)6-9-27(10-7-22)21(29)30)5-8-25-11-13-26(14-12-25)18-4-2-3-17(23)15-18/h2-4,15,19H,5-14,16H2,1H3,(H,29,30). The molecule has 7 nitrogen and oxygen atoms in total. The van der Waals surface area contributed by atoms with Crippen LogP contribution in [0.25, 0.3) is 0 Å². The van der Waals surface area contributed by atoms with Crippen molar-refractivity contribution in [2.75, 3.05) is 57.8 Å². The number of piperazine rings is 1. The van der Waals surface area contributed by atoms with Crippen LogP contribution in [0, 0.1) is 5.41 Å².